The van der Waals surface area contributed by atoms with E-state index in [1.165, 1.54) is 18.9 Å². The lowest BCUT2D eigenvalue weighted by molar-refractivity contribution is 0.0973. The van der Waals surface area contributed by atoms with E-state index in [9.17, 15) is 9.18 Å². The molecule has 1 aromatic carbocycles. The van der Waals surface area contributed by atoms with E-state index in [4.69, 9.17) is 0 Å². The van der Waals surface area contributed by atoms with Crippen LogP contribution in [0.2, 0.25) is 0 Å². The first-order chi connectivity index (χ1) is 7.18. The summed E-state index contributed by atoms with van der Waals surface area (Å²) >= 11 is 3.21. The van der Waals surface area contributed by atoms with Crippen molar-refractivity contribution in [1.29, 1.82) is 0 Å². The lowest BCUT2D eigenvalue weighted by Crippen LogP contribution is -2.03. The van der Waals surface area contributed by atoms with Gasteiger partial charge in [-0.1, -0.05) is 18.9 Å². The highest BCUT2D eigenvalue weighted by atomic mass is 79.9. The maximum Gasteiger partial charge on any atom is 0.166 e. The first kappa shape index (κ1) is 10.8. The molecule has 0 spiro atoms. The summed E-state index contributed by atoms with van der Waals surface area (Å²) < 4.78 is 13.9. The average molecular weight is 271 g/mol. The smallest absolute Gasteiger partial charge is 0.166 e. The highest BCUT2D eigenvalue weighted by Crippen LogP contribution is 2.34. The minimum absolute atomic E-state index is 0.0909. The lowest BCUT2D eigenvalue weighted by atomic mass is 10.0. The summed E-state index contributed by atoms with van der Waals surface area (Å²) in [6.07, 6.45) is 3.82. The quantitative estimate of drug-likeness (QED) is 0.757. The van der Waals surface area contributed by atoms with Crippen LogP contribution in [0.15, 0.2) is 22.7 Å². The Hall–Kier alpha value is -0.700. The summed E-state index contributed by atoms with van der Waals surface area (Å²) in [5, 5.41) is 0. The van der Waals surface area contributed by atoms with Crippen LogP contribution < -0.4 is 0 Å². The van der Waals surface area contributed by atoms with Crippen molar-refractivity contribution in [1.82, 2.24) is 0 Å². The molecule has 3 heteroatoms. The minimum atomic E-state index is -0.426. The number of carbonyl (C=O) groups excluding carboxylic acids is 1. The van der Waals surface area contributed by atoms with Crippen LogP contribution >= 0.6 is 15.9 Å². The molecule has 1 aliphatic carbocycles. The number of rotatable bonds is 4. The zero-order valence-electron chi connectivity index (χ0n) is 8.30. The number of Topliss-reactive ketones (excluding diaryl/α,β-unsaturated/α-hetero) is 1. The van der Waals surface area contributed by atoms with E-state index < -0.39 is 5.82 Å². The molecule has 0 unspecified atom stereocenters. The fraction of sp³-hybridized carbons (Fsp3) is 0.417. The molecule has 2 rings (SSSR count). The maximum atomic E-state index is 13.4. The fourth-order valence-electron chi connectivity index (χ4n) is 1.63. The van der Waals surface area contributed by atoms with Gasteiger partial charge in [0, 0.05) is 10.9 Å². The second-order valence-corrected chi connectivity index (χ2v) is 4.86. The molecule has 0 atom stereocenters. The Balaban J connectivity index is 2.09. The monoisotopic (exact) mass is 270 g/mol. The molecule has 1 aromatic rings. The Kier molecular flexibility index (Phi) is 3.19. The van der Waals surface area contributed by atoms with Gasteiger partial charge in [0.05, 0.1) is 5.56 Å². The topological polar surface area (TPSA) is 17.1 Å². The summed E-state index contributed by atoms with van der Waals surface area (Å²) in [5.74, 6) is 0.191. The van der Waals surface area contributed by atoms with Crippen LogP contribution in [0.5, 0.6) is 0 Å². The van der Waals surface area contributed by atoms with E-state index in [0.29, 0.717) is 16.8 Å². The molecule has 0 bridgehead atoms. The Bertz CT molecular complexity index is 365. The van der Waals surface area contributed by atoms with Gasteiger partial charge in [-0.3, -0.25) is 4.79 Å². The second kappa shape index (κ2) is 4.44. The van der Waals surface area contributed by atoms with Gasteiger partial charge in [-0.2, -0.15) is 0 Å². The third-order valence-electron chi connectivity index (χ3n) is 2.72. The van der Waals surface area contributed by atoms with E-state index in [2.05, 4.69) is 15.9 Å². The number of ketones is 1. The highest BCUT2D eigenvalue weighted by Gasteiger charge is 2.23. The largest absolute Gasteiger partial charge is 0.294 e. The van der Waals surface area contributed by atoms with Gasteiger partial charge in [-0.25, -0.2) is 4.39 Å². The number of halogens is 2. The molecule has 0 saturated heterocycles. The predicted molar refractivity (Wildman–Crippen MR) is 60.4 cm³/mol. The molecule has 80 valence electrons. The van der Waals surface area contributed by atoms with Crippen LogP contribution in [0.4, 0.5) is 4.39 Å². The summed E-state index contributed by atoms with van der Waals surface area (Å²) in [4.78, 5) is 11.7. The van der Waals surface area contributed by atoms with Crippen molar-refractivity contribution >= 4 is 21.7 Å². The van der Waals surface area contributed by atoms with E-state index in [1.807, 2.05) is 0 Å². The third-order valence-corrected chi connectivity index (χ3v) is 3.38. The zero-order valence-corrected chi connectivity index (χ0v) is 9.89. The molecule has 0 N–H and O–H groups in total. The molecule has 0 aromatic heterocycles. The fourth-order valence-corrected chi connectivity index (χ4v) is 2.19. The first-order valence-electron chi connectivity index (χ1n) is 5.15. The Labute approximate surface area is 96.8 Å². The van der Waals surface area contributed by atoms with Crippen molar-refractivity contribution in [3.8, 4) is 0 Å². The SMILES string of the molecule is O=C(CCC1CC1)c1c(F)cccc1Br. The number of hydrogen-bond donors (Lipinski definition) is 0. The molecule has 1 fully saturated rings. The molecule has 15 heavy (non-hydrogen) atoms. The second-order valence-electron chi connectivity index (χ2n) is 4.00. The van der Waals surface area contributed by atoms with Crippen molar-refractivity contribution in [2.75, 3.05) is 0 Å². The molecular formula is C12H12BrFO. The molecule has 0 radical (unpaired) electrons. The molecule has 1 aliphatic rings. The van der Waals surface area contributed by atoms with Crippen LogP contribution in [-0.2, 0) is 0 Å². The Morgan fingerprint density at radius 2 is 2.20 bits per heavy atom. The standard InChI is InChI=1S/C12H12BrFO/c13-9-2-1-3-10(14)12(9)11(15)7-6-8-4-5-8/h1-3,8H,4-7H2. The number of hydrogen-bond acceptors (Lipinski definition) is 1. The van der Waals surface area contributed by atoms with E-state index in [1.54, 1.807) is 12.1 Å². The Morgan fingerprint density at radius 3 is 2.80 bits per heavy atom. The molecule has 0 heterocycles. The van der Waals surface area contributed by atoms with Gasteiger partial charge in [0.2, 0.25) is 0 Å². The van der Waals surface area contributed by atoms with Crippen LogP contribution in [0, 0.1) is 11.7 Å². The summed E-state index contributed by atoms with van der Waals surface area (Å²) in [6, 6.07) is 4.62. The summed E-state index contributed by atoms with van der Waals surface area (Å²) in [5.41, 5.74) is 0.207. The number of carbonyl (C=O) groups is 1. The van der Waals surface area contributed by atoms with Crippen LogP contribution in [0.25, 0.3) is 0 Å². The van der Waals surface area contributed by atoms with Crippen LogP contribution in [0.1, 0.15) is 36.0 Å². The van der Waals surface area contributed by atoms with E-state index in [0.717, 1.165) is 6.42 Å². The molecule has 1 saturated carbocycles. The van der Waals surface area contributed by atoms with Gasteiger partial charge >= 0.3 is 0 Å². The molecular weight excluding hydrogens is 259 g/mol. The van der Waals surface area contributed by atoms with E-state index in [-0.39, 0.29) is 11.3 Å². The van der Waals surface area contributed by atoms with E-state index >= 15 is 0 Å². The minimum Gasteiger partial charge on any atom is -0.294 e. The average Bonchev–Trinajstić information content (AvgIpc) is 2.97. The van der Waals surface area contributed by atoms with Crippen LogP contribution in [-0.4, -0.2) is 5.78 Å². The highest BCUT2D eigenvalue weighted by molar-refractivity contribution is 9.10. The zero-order chi connectivity index (χ0) is 10.8. The predicted octanol–water partition coefficient (Wildman–Crippen LogP) is 3.96. The molecule has 0 aliphatic heterocycles. The van der Waals surface area contributed by atoms with Gasteiger partial charge in [-0.15, -0.1) is 0 Å². The molecule has 1 nitrogen and oxygen atoms in total. The van der Waals surface area contributed by atoms with Gasteiger partial charge in [-0.05, 0) is 40.4 Å². The Morgan fingerprint density at radius 1 is 1.47 bits per heavy atom. The van der Waals surface area contributed by atoms with Crippen molar-refractivity contribution in [3.63, 3.8) is 0 Å². The lowest BCUT2D eigenvalue weighted by Gasteiger charge is -2.04. The van der Waals surface area contributed by atoms with Crippen molar-refractivity contribution in [2.45, 2.75) is 25.7 Å². The normalized spacial score (nSPS) is 15.3. The van der Waals surface area contributed by atoms with Gasteiger partial charge in [0.1, 0.15) is 5.82 Å². The summed E-state index contributed by atoms with van der Waals surface area (Å²) in [6.45, 7) is 0. The van der Waals surface area contributed by atoms with Gasteiger partial charge in [0.25, 0.3) is 0 Å². The van der Waals surface area contributed by atoms with Gasteiger partial charge in [0.15, 0.2) is 5.78 Å². The number of benzene rings is 1. The summed E-state index contributed by atoms with van der Waals surface area (Å²) in [7, 11) is 0. The van der Waals surface area contributed by atoms with Crippen LogP contribution in [0.3, 0.4) is 0 Å². The maximum absolute atomic E-state index is 13.4. The molecule has 0 amide bonds. The van der Waals surface area contributed by atoms with Gasteiger partial charge < -0.3 is 0 Å². The van der Waals surface area contributed by atoms with Crippen molar-refractivity contribution in [2.24, 2.45) is 5.92 Å². The van der Waals surface area contributed by atoms with Crippen molar-refractivity contribution < 1.29 is 9.18 Å². The first-order valence-corrected chi connectivity index (χ1v) is 5.95. The van der Waals surface area contributed by atoms with Crippen molar-refractivity contribution in [3.05, 3.63) is 34.1 Å². The third kappa shape index (κ3) is 2.65.